The van der Waals surface area contributed by atoms with Gasteiger partial charge >= 0.3 is 0 Å². The fraction of sp³-hybridized carbons (Fsp3) is 0.381. The van der Waals surface area contributed by atoms with E-state index < -0.39 is 5.82 Å². The fourth-order valence-corrected chi connectivity index (χ4v) is 4.19. The predicted molar refractivity (Wildman–Crippen MR) is 103 cm³/mol. The van der Waals surface area contributed by atoms with Gasteiger partial charge in [0.1, 0.15) is 5.75 Å². The lowest BCUT2D eigenvalue weighted by Gasteiger charge is -2.35. The fourth-order valence-electron chi connectivity index (χ4n) is 4.06. The number of nitrogens with zero attached hydrogens (tertiary/aromatic N) is 1. The quantitative estimate of drug-likeness (QED) is 0.830. The minimum atomic E-state index is -0.561. The molecule has 2 bridgehead atoms. The van der Waals surface area contributed by atoms with Crippen molar-refractivity contribution in [2.45, 2.75) is 43.8 Å². The van der Waals surface area contributed by atoms with E-state index in [1.54, 1.807) is 35.2 Å². The Balaban J connectivity index is 1.46. The zero-order valence-electron chi connectivity index (χ0n) is 15.1. The molecule has 0 saturated carbocycles. The topological polar surface area (TPSA) is 41.6 Å². The molecule has 2 unspecified atom stereocenters. The molecule has 1 amide bonds. The van der Waals surface area contributed by atoms with Crippen molar-refractivity contribution in [2.75, 3.05) is 7.05 Å². The minimum absolute atomic E-state index is 0.0800. The van der Waals surface area contributed by atoms with Crippen molar-refractivity contribution in [3.63, 3.8) is 0 Å². The van der Waals surface area contributed by atoms with Crippen LogP contribution in [0.4, 0.5) is 4.39 Å². The molecule has 2 fully saturated rings. The minimum Gasteiger partial charge on any atom is -0.454 e. The Labute approximate surface area is 163 Å². The molecule has 2 aliphatic heterocycles. The molecule has 2 saturated heterocycles. The van der Waals surface area contributed by atoms with Crippen LogP contribution in [0.5, 0.6) is 11.5 Å². The summed E-state index contributed by atoms with van der Waals surface area (Å²) in [6.07, 6.45) is 4.26. The molecule has 6 heteroatoms. The summed E-state index contributed by atoms with van der Waals surface area (Å²) in [7, 11) is 1.81. The van der Waals surface area contributed by atoms with Crippen LogP contribution in [0.1, 0.15) is 36.0 Å². The van der Waals surface area contributed by atoms with E-state index in [0.29, 0.717) is 28.4 Å². The first-order valence-corrected chi connectivity index (χ1v) is 9.63. The Bertz CT molecular complexity index is 831. The maximum absolute atomic E-state index is 14.5. The third-order valence-electron chi connectivity index (χ3n) is 5.54. The second-order valence-electron chi connectivity index (χ2n) is 7.38. The van der Waals surface area contributed by atoms with Gasteiger partial charge in [-0.25, -0.2) is 4.39 Å². The number of rotatable bonds is 4. The summed E-state index contributed by atoms with van der Waals surface area (Å²) in [4.78, 5) is 14.6. The monoisotopic (exact) mass is 388 g/mol. The molecule has 142 valence electrons. The molecule has 2 atom stereocenters. The lowest BCUT2D eigenvalue weighted by atomic mass is 9.98. The Kier molecular flexibility index (Phi) is 5.06. The van der Waals surface area contributed by atoms with Crippen molar-refractivity contribution in [3.8, 4) is 11.5 Å². The molecule has 1 N–H and O–H groups in total. The van der Waals surface area contributed by atoms with Crippen LogP contribution in [-0.4, -0.2) is 36.0 Å². The standard InChI is InChI=1S/C21H22ClFN2O2/c1-25(17-11-15-5-6-16(12-17)24-15)21(26)13-2-9-20(19(23)10-13)27-18-7-3-14(22)4-8-18/h2-4,7-10,15-17,24H,5-6,11-12H2,1H3. The average Bonchev–Trinajstić information content (AvgIpc) is 3.01. The number of ether oxygens (including phenoxy) is 1. The second-order valence-corrected chi connectivity index (χ2v) is 7.82. The number of piperidine rings is 1. The van der Waals surface area contributed by atoms with Crippen LogP contribution in [-0.2, 0) is 0 Å². The predicted octanol–water partition coefficient (Wildman–Crippen LogP) is 4.63. The molecular formula is C21H22ClFN2O2. The maximum Gasteiger partial charge on any atom is 0.253 e. The highest BCUT2D eigenvalue weighted by molar-refractivity contribution is 6.30. The van der Waals surface area contributed by atoms with Crippen LogP contribution in [0.3, 0.4) is 0 Å². The number of carbonyl (C=O) groups is 1. The number of hydrogen-bond acceptors (Lipinski definition) is 3. The van der Waals surface area contributed by atoms with E-state index in [9.17, 15) is 9.18 Å². The molecule has 0 radical (unpaired) electrons. The Hall–Kier alpha value is -2.11. The van der Waals surface area contributed by atoms with E-state index in [1.807, 2.05) is 7.05 Å². The number of halogens is 2. The molecule has 0 aromatic heterocycles. The number of hydrogen-bond donors (Lipinski definition) is 1. The van der Waals surface area contributed by atoms with E-state index >= 15 is 0 Å². The van der Waals surface area contributed by atoms with Crippen molar-refractivity contribution in [1.29, 1.82) is 0 Å². The SMILES string of the molecule is CN(C(=O)c1ccc(Oc2ccc(Cl)cc2)c(F)c1)C1CC2CCC(C1)N2. The lowest BCUT2D eigenvalue weighted by molar-refractivity contribution is 0.0681. The number of fused-ring (bicyclic) bond motifs is 2. The summed E-state index contributed by atoms with van der Waals surface area (Å²) in [6.45, 7) is 0. The molecule has 0 spiro atoms. The number of nitrogens with one attached hydrogen (secondary N) is 1. The van der Waals surface area contributed by atoms with Crippen LogP contribution in [0.15, 0.2) is 42.5 Å². The van der Waals surface area contributed by atoms with E-state index in [4.69, 9.17) is 16.3 Å². The highest BCUT2D eigenvalue weighted by Crippen LogP contribution is 2.31. The van der Waals surface area contributed by atoms with Gasteiger partial charge in [0.05, 0.1) is 0 Å². The van der Waals surface area contributed by atoms with Crippen LogP contribution >= 0.6 is 11.6 Å². The molecule has 27 heavy (non-hydrogen) atoms. The third kappa shape index (κ3) is 3.94. The molecule has 0 aliphatic carbocycles. The maximum atomic E-state index is 14.5. The van der Waals surface area contributed by atoms with Crippen LogP contribution in [0.25, 0.3) is 0 Å². The number of carbonyl (C=O) groups excluding carboxylic acids is 1. The normalized spacial score (nSPS) is 23.9. The first-order chi connectivity index (χ1) is 13.0. The molecule has 2 aliphatic rings. The van der Waals surface area contributed by atoms with Crippen LogP contribution in [0, 0.1) is 5.82 Å². The van der Waals surface area contributed by atoms with Crippen molar-refractivity contribution < 1.29 is 13.9 Å². The summed E-state index contributed by atoms with van der Waals surface area (Å²) < 4.78 is 20.0. The van der Waals surface area contributed by atoms with Gasteiger partial charge in [0.15, 0.2) is 11.6 Å². The van der Waals surface area contributed by atoms with Crippen LogP contribution < -0.4 is 10.1 Å². The van der Waals surface area contributed by atoms with Gasteiger partial charge in [0, 0.05) is 35.8 Å². The summed E-state index contributed by atoms with van der Waals surface area (Å²) in [5, 5.41) is 4.16. The van der Waals surface area contributed by atoms with Gasteiger partial charge in [-0.2, -0.15) is 0 Å². The summed E-state index contributed by atoms with van der Waals surface area (Å²) >= 11 is 5.84. The van der Waals surface area contributed by atoms with Crippen molar-refractivity contribution in [3.05, 3.63) is 58.9 Å². The van der Waals surface area contributed by atoms with Crippen LogP contribution in [0.2, 0.25) is 5.02 Å². The van der Waals surface area contributed by atoms with Gasteiger partial charge in [0.2, 0.25) is 0 Å². The van der Waals surface area contributed by atoms with Gasteiger partial charge < -0.3 is 15.0 Å². The Morgan fingerprint density at radius 1 is 1.15 bits per heavy atom. The zero-order chi connectivity index (χ0) is 19.0. The van der Waals surface area contributed by atoms with E-state index in [2.05, 4.69) is 5.32 Å². The highest BCUT2D eigenvalue weighted by atomic mass is 35.5. The van der Waals surface area contributed by atoms with Crippen molar-refractivity contribution in [1.82, 2.24) is 10.2 Å². The van der Waals surface area contributed by atoms with Gasteiger partial charge in [-0.3, -0.25) is 4.79 Å². The summed E-state index contributed by atoms with van der Waals surface area (Å²) in [5.74, 6) is -0.149. The third-order valence-corrected chi connectivity index (χ3v) is 5.79. The zero-order valence-corrected chi connectivity index (χ0v) is 15.9. The molecule has 2 aromatic carbocycles. The van der Waals surface area contributed by atoms with Crippen molar-refractivity contribution >= 4 is 17.5 Å². The number of amides is 1. The first kappa shape index (κ1) is 18.3. The van der Waals surface area contributed by atoms with Gasteiger partial charge in [0.25, 0.3) is 5.91 Å². The number of benzene rings is 2. The lowest BCUT2D eigenvalue weighted by Crippen LogP contribution is -2.48. The van der Waals surface area contributed by atoms with E-state index in [-0.39, 0.29) is 17.7 Å². The average molecular weight is 389 g/mol. The molecule has 4 rings (SSSR count). The molecule has 2 aromatic rings. The van der Waals surface area contributed by atoms with Gasteiger partial charge in [-0.05, 0) is 68.1 Å². The summed E-state index contributed by atoms with van der Waals surface area (Å²) in [6, 6.07) is 12.2. The largest absolute Gasteiger partial charge is 0.454 e. The second kappa shape index (κ2) is 7.49. The van der Waals surface area contributed by atoms with Gasteiger partial charge in [-0.15, -0.1) is 0 Å². The summed E-state index contributed by atoms with van der Waals surface area (Å²) in [5.41, 5.74) is 0.337. The Morgan fingerprint density at radius 3 is 2.44 bits per heavy atom. The molecule has 4 nitrogen and oxygen atoms in total. The first-order valence-electron chi connectivity index (χ1n) is 9.26. The van der Waals surface area contributed by atoms with E-state index in [1.165, 1.54) is 25.0 Å². The molecular weight excluding hydrogens is 367 g/mol. The highest BCUT2D eigenvalue weighted by Gasteiger charge is 2.36. The van der Waals surface area contributed by atoms with E-state index in [0.717, 1.165) is 12.8 Å². The Morgan fingerprint density at radius 2 is 1.81 bits per heavy atom. The van der Waals surface area contributed by atoms with Gasteiger partial charge in [-0.1, -0.05) is 11.6 Å². The smallest absolute Gasteiger partial charge is 0.253 e. The van der Waals surface area contributed by atoms with Crippen molar-refractivity contribution in [2.24, 2.45) is 0 Å². The molecule has 2 heterocycles.